The van der Waals surface area contributed by atoms with E-state index >= 15 is 0 Å². The standard InChI is InChI=1S/C16H13ClN6O4S/c17-11-8-10(28-27-26-25)6-7-12(11)22-23-13-14(18)20-16(21-15(13)24)19-9-4-2-1-3-5-9/h1-8,25H,(H4,18,19,20,21,24). The molecule has 1 aromatic heterocycles. The molecule has 0 spiro atoms. The zero-order chi connectivity index (χ0) is 19.9. The molecule has 0 unspecified atom stereocenters. The minimum absolute atomic E-state index is 0.0947. The van der Waals surface area contributed by atoms with Gasteiger partial charge in [-0.25, -0.2) is 5.26 Å². The lowest BCUT2D eigenvalue weighted by Gasteiger charge is -2.06. The normalized spacial score (nSPS) is 11.1. The van der Waals surface area contributed by atoms with Crippen LogP contribution in [0, 0.1) is 0 Å². The third-order valence-corrected chi connectivity index (χ3v) is 4.17. The molecule has 3 aromatic rings. The summed E-state index contributed by atoms with van der Waals surface area (Å²) in [5.74, 6) is 0.0842. The molecule has 28 heavy (non-hydrogen) atoms. The van der Waals surface area contributed by atoms with E-state index in [0.717, 1.165) is 17.7 Å². The Morgan fingerprint density at radius 3 is 2.68 bits per heavy atom. The van der Waals surface area contributed by atoms with Crippen molar-refractivity contribution in [3.05, 3.63) is 63.9 Å². The van der Waals surface area contributed by atoms with Crippen LogP contribution in [0.25, 0.3) is 0 Å². The Kier molecular flexibility index (Phi) is 6.57. The van der Waals surface area contributed by atoms with Gasteiger partial charge in [-0.05, 0) is 30.3 Å². The van der Waals surface area contributed by atoms with E-state index in [1.165, 1.54) is 12.1 Å². The molecule has 10 nitrogen and oxygen atoms in total. The number of para-hydroxylation sites is 1. The number of hydrogen-bond acceptors (Lipinski definition) is 10. The summed E-state index contributed by atoms with van der Waals surface area (Å²) in [6.45, 7) is 0. The van der Waals surface area contributed by atoms with E-state index in [1.54, 1.807) is 6.07 Å². The predicted molar refractivity (Wildman–Crippen MR) is 105 cm³/mol. The molecular formula is C16H13ClN6O4S. The molecule has 3 rings (SSSR count). The van der Waals surface area contributed by atoms with Crippen LogP contribution >= 0.6 is 23.6 Å². The Bertz CT molecular complexity index is 1050. The first-order chi connectivity index (χ1) is 13.6. The number of H-pyrrole nitrogens is 1. The molecule has 1 heterocycles. The van der Waals surface area contributed by atoms with Crippen LogP contribution in [0.5, 0.6) is 0 Å². The largest absolute Gasteiger partial charge is 0.382 e. The first kappa shape index (κ1) is 19.8. The van der Waals surface area contributed by atoms with Gasteiger partial charge >= 0.3 is 0 Å². The summed E-state index contributed by atoms with van der Waals surface area (Å²) in [6, 6.07) is 13.8. The number of nitrogens with one attached hydrogen (secondary N) is 2. The lowest BCUT2D eigenvalue weighted by atomic mass is 10.3. The minimum atomic E-state index is -0.563. The van der Waals surface area contributed by atoms with Crippen LogP contribution in [0.1, 0.15) is 0 Å². The van der Waals surface area contributed by atoms with Gasteiger partial charge in [0.25, 0.3) is 5.56 Å². The quantitative estimate of drug-likeness (QED) is 0.188. The topological polar surface area (TPSA) is 147 Å². The van der Waals surface area contributed by atoms with Crippen molar-refractivity contribution >= 4 is 52.5 Å². The van der Waals surface area contributed by atoms with E-state index in [0.29, 0.717) is 10.6 Å². The van der Waals surface area contributed by atoms with Crippen molar-refractivity contribution in [1.29, 1.82) is 0 Å². The lowest BCUT2D eigenvalue weighted by Crippen LogP contribution is -2.13. The van der Waals surface area contributed by atoms with Crippen molar-refractivity contribution in [2.75, 3.05) is 11.1 Å². The highest BCUT2D eigenvalue weighted by Gasteiger charge is 2.10. The summed E-state index contributed by atoms with van der Waals surface area (Å²) in [4.78, 5) is 19.4. The van der Waals surface area contributed by atoms with Crippen molar-refractivity contribution in [1.82, 2.24) is 9.97 Å². The summed E-state index contributed by atoms with van der Waals surface area (Å²) in [7, 11) is 0. The Balaban J connectivity index is 1.79. The van der Waals surface area contributed by atoms with Crippen molar-refractivity contribution in [3.63, 3.8) is 0 Å². The van der Waals surface area contributed by atoms with Gasteiger partial charge < -0.3 is 11.1 Å². The second kappa shape index (κ2) is 9.30. The number of benzene rings is 2. The number of aromatic amines is 1. The van der Waals surface area contributed by atoms with Crippen molar-refractivity contribution in [2.45, 2.75) is 4.90 Å². The van der Waals surface area contributed by atoms with Gasteiger partial charge in [0.2, 0.25) is 5.95 Å². The predicted octanol–water partition coefficient (Wildman–Crippen LogP) is 4.59. The SMILES string of the molecule is Nc1nc(Nc2ccccc2)[nH]c(=O)c1N=Nc1ccc(SOOO)cc1Cl. The fourth-order valence-electron chi connectivity index (χ4n) is 2.08. The third kappa shape index (κ3) is 5.06. The fraction of sp³-hybridized carbons (Fsp3) is 0. The van der Waals surface area contributed by atoms with Crippen LogP contribution in [0.3, 0.4) is 0 Å². The Morgan fingerprint density at radius 2 is 2.00 bits per heavy atom. The summed E-state index contributed by atoms with van der Waals surface area (Å²) >= 11 is 6.84. The van der Waals surface area contributed by atoms with E-state index in [1.807, 2.05) is 30.3 Å². The molecule has 0 amide bonds. The molecular weight excluding hydrogens is 408 g/mol. The molecule has 0 radical (unpaired) electrons. The van der Waals surface area contributed by atoms with Crippen molar-refractivity contribution in [3.8, 4) is 0 Å². The van der Waals surface area contributed by atoms with Crippen LogP contribution in [0.15, 0.2) is 68.4 Å². The fourth-order valence-corrected chi connectivity index (χ4v) is 2.76. The molecule has 0 aliphatic carbocycles. The number of aromatic nitrogens is 2. The molecule has 0 saturated carbocycles. The number of azo groups is 1. The highest BCUT2D eigenvalue weighted by molar-refractivity contribution is 7.94. The zero-order valence-corrected chi connectivity index (χ0v) is 15.6. The van der Waals surface area contributed by atoms with E-state index in [9.17, 15) is 4.79 Å². The van der Waals surface area contributed by atoms with Crippen molar-refractivity contribution < 1.29 is 14.6 Å². The summed E-state index contributed by atoms with van der Waals surface area (Å²) in [5.41, 5.74) is 6.16. The summed E-state index contributed by atoms with van der Waals surface area (Å²) < 4.78 is 4.31. The van der Waals surface area contributed by atoms with Crippen LogP contribution in [-0.2, 0) is 9.37 Å². The molecule has 0 atom stereocenters. The van der Waals surface area contributed by atoms with Gasteiger partial charge in [-0.1, -0.05) is 34.8 Å². The third-order valence-electron chi connectivity index (χ3n) is 3.30. The monoisotopic (exact) mass is 420 g/mol. The summed E-state index contributed by atoms with van der Waals surface area (Å²) in [5, 5.41) is 22.6. The molecule has 0 fully saturated rings. The molecule has 0 bridgehead atoms. The van der Waals surface area contributed by atoms with Crippen LogP contribution in [0.2, 0.25) is 5.02 Å². The average molecular weight is 421 g/mol. The first-order valence-electron chi connectivity index (χ1n) is 7.64. The number of anilines is 3. The highest BCUT2D eigenvalue weighted by Crippen LogP contribution is 2.32. The maximum absolute atomic E-state index is 12.3. The number of nitrogens with two attached hydrogens (primary N) is 1. The van der Waals surface area contributed by atoms with E-state index in [4.69, 9.17) is 22.6 Å². The van der Waals surface area contributed by atoms with Crippen LogP contribution < -0.4 is 16.6 Å². The smallest absolute Gasteiger partial charge is 0.282 e. The van der Waals surface area contributed by atoms with Gasteiger partial charge in [0.05, 0.1) is 17.1 Å². The van der Waals surface area contributed by atoms with Gasteiger partial charge in [0, 0.05) is 10.6 Å². The molecule has 5 N–H and O–H groups in total. The maximum atomic E-state index is 12.3. The van der Waals surface area contributed by atoms with Gasteiger partial charge in [-0.2, -0.15) is 4.98 Å². The minimum Gasteiger partial charge on any atom is -0.382 e. The van der Waals surface area contributed by atoms with Gasteiger partial charge in [-0.3, -0.25) is 9.78 Å². The molecule has 0 aliphatic heterocycles. The molecule has 0 aliphatic rings. The van der Waals surface area contributed by atoms with Gasteiger partial charge in [-0.15, -0.1) is 14.6 Å². The first-order valence-corrected chi connectivity index (χ1v) is 8.76. The Hall–Kier alpha value is -2.96. The van der Waals surface area contributed by atoms with E-state index in [2.05, 4.69) is 34.9 Å². The number of nitrogens with zero attached hydrogens (tertiary/aromatic N) is 3. The van der Waals surface area contributed by atoms with E-state index < -0.39 is 5.56 Å². The highest BCUT2D eigenvalue weighted by atomic mass is 35.5. The van der Waals surface area contributed by atoms with Gasteiger partial charge in [0.15, 0.2) is 11.5 Å². The average Bonchev–Trinajstić information content (AvgIpc) is 2.68. The molecule has 2 aromatic carbocycles. The number of rotatable bonds is 7. The number of hydrogen-bond donors (Lipinski definition) is 4. The molecule has 144 valence electrons. The molecule has 12 heteroatoms. The van der Waals surface area contributed by atoms with Crippen LogP contribution in [0.4, 0.5) is 28.8 Å². The second-order valence-corrected chi connectivity index (χ2v) is 6.36. The van der Waals surface area contributed by atoms with E-state index in [-0.39, 0.29) is 22.5 Å². The van der Waals surface area contributed by atoms with Crippen molar-refractivity contribution in [2.24, 2.45) is 10.2 Å². The number of halogens is 1. The second-order valence-electron chi connectivity index (χ2n) is 5.18. The summed E-state index contributed by atoms with van der Waals surface area (Å²) in [6.07, 6.45) is 0. The Morgan fingerprint density at radius 1 is 1.21 bits per heavy atom. The number of nitrogen functional groups attached to an aromatic ring is 1. The molecule has 0 saturated heterocycles. The Labute approximate surface area is 167 Å². The van der Waals surface area contributed by atoms with Gasteiger partial charge in [0.1, 0.15) is 5.69 Å². The zero-order valence-electron chi connectivity index (χ0n) is 14.0. The van der Waals surface area contributed by atoms with Crippen LogP contribution in [-0.4, -0.2) is 15.2 Å². The lowest BCUT2D eigenvalue weighted by molar-refractivity contribution is -0.432. The maximum Gasteiger partial charge on any atom is 0.282 e.